The van der Waals surface area contributed by atoms with E-state index < -0.39 is 0 Å². The predicted octanol–water partition coefficient (Wildman–Crippen LogP) is 4.26. The van der Waals surface area contributed by atoms with E-state index in [1.807, 2.05) is 12.4 Å². The zero-order chi connectivity index (χ0) is 12.9. The molecule has 3 rings (SSSR count). The first-order valence-electron chi connectivity index (χ1n) is 6.54. The molecule has 92 valence electrons. The zero-order valence-corrected chi connectivity index (χ0v) is 11.5. The van der Waals surface area contributed by atoms with E-state index in [2.05, 4.69) is 50.9 Å². The molecule has 0 unspecified atom stereocenters. The maximum Gasteiger partial charge on any atom is 0.0349 e. The summed E-state index contributed by atoms with van der Waals surface area (Å²) in [6, 6.07) is 6.87. The Kier molecular flexibility index (Phi) is 2.34. The number of nitrogens with zero attached hydrogens (tertiary/aromatic N) is 1. The van der Waals surface area contributed by atoms with E-state index in [0.29, 0.717) is 0 Å². The fourth-order valence-corrected chi connectivity index (χ4v) is 3.00. The summed E-state index contributed by atoms with van der Waals surface area (Å²) in [5, 5.41) is 0. The Morgan fingerprint density at radius 2 is 1.83 bits per heavy atom. The van der Waals surface area contributed by atoms with Gasteiger partial charge in [0.15, 0.2) is 0 Å². The van der Waals surface area contributed by atoms with Gasteiger partial charge in [-0.1, -0.05) is 32.9 Å². The van der Waals surface area contributed by atoms with Crippen molar-refractivity contribution < 1.29 is 0 Å². The highest BCUT2D eigenvalue weighted by Gasteiger charge is 2.23. The molecule has 1 aliphatic rings. The minimum Gasteiger partial charge on any atom is -0.264 e. The fraction of sp³-hybridized carbons (Fsp3) is 0.353. The highest BCUT2D eigenvalue weighted by atomic mass is 14.6. The number of hydrogen-bond acceptors (Lipinski definition) is 1. The standard InChI is InChI=1S/C17H19N/c1-11-7-13-8-12-5-6-18-10-15(12)14(13)9-16(11)17(2,3)4/h5-7,9-10H,8H2,1-4H3. The molecule has 0 aliphatic heterocycles. The largest absolute Gasteiger partial charge is 0.264 e. The van der Waals surface area contributed by atoms with E-state index in [-0.39, 0.29) is 5.41 Å². The van der Waals surface area contributed by atoms with E-state index in [0.717, 1.165) is 6.42 Å². The molecule has 0 N–H and O–H groups in total. The van der Waals surface area contributed by atoms with Crippen molar-refractivity contribution in [3.05, 3.63) is 52.8 Å². The summed E-state index contributed by atoms with van der Waals surface area (Å²) in [4.78, 5) is 4.27. The van der Waals surface area contributed by atoms with Crippen molar-refractivity contribution in [3.8, 4) is 11.1 Å². The van der Waals surface area contributed by atoms with Gasteiger partial charge in [-0.05, 0) is 52.6 Å². The molecular weight excluding hydrogens is 218 g/mol. The van der Waals surface area contributed by atoms with E-state index in [1.54, 1.807) is 0 Å². The summed E-state index contributed by atoms with van der Waals surface area (Å²) in [7, 11) is 0. The zero-order valence-electron chi connectivity index (χ0n) is 11.5. The van der Waals surface area contributed by atoms with Crippen molar-refractivity contribution in [2.45, 2.75) is 39.5 Å². The van der Waals surface area contributed by atoms with Crippen LogP contribution in [0.25, 0.3) is 11.1 Å². The third-order valence-corrected chi connectivity index (χ3v) is 3.84. The van der Waals surface area contributed by atoms with Gasteiger partial charge in [0.05, 0.1) is 0 Å². The molecule has 1 aliphatic carbocycles. The summed E-state index contributed by atoms with van der Waals surface area (Å²) in [6.07, 6.45) is 4.95. The summed E-state index contributed by atoms with van der Waals surface area (Å²) in [6.45, 7) is 9.06. The average molecular weight is 237 g/mol. The van der Waals surface area contributed by atoms with E-state index in [9.17, 15) is 0 Å². The molecule has 0 saturated carbocycles. The van der Waals surface area contributed by atoms with Crippen LogP contribution in [0.4, 0.5) is 0 Å². The van der Waals surface area contributed by atoms with Crippen LogP contribution in [0.3, 0.4) is 0 Å². The van der Waals surface area contributed by atoms with Crippen LogP contribution in [-0.4, -0.2) is 4.98 Å². The second-order valence-electron chi connectivity index (χ2n) is 6.28. The normalized spacial score (nSPS) is 13.3. The predicted molar refractivity (Wildman–Crippen MR) is 75.9 cm³/mol. The van der Waals surface area contributed by atoms with Crippen molar-refractivity contribution in [1.82, 2.24) is 4.98 Å². The first kappa shape index (κ1) is 11.5. The lowest BCUT2D eigenvalue weighted by molar-refractivity contribution is 0.586. The smallest absolute Gasteiger partial charge is 0.0349 e. The van der Waals surface area contributed by atoms with Crippen LogP contribution in [0.2, 0.25) is 0 Å². The molecular formula is C17H19N. The van der Waals surface area contributed by atoms with E-state index in [1.165, 1.54) is 33.4 Å². The quantitative estimate of drug-likeness (QED) is 0.569. The molecule has 18 heavy (non-hydrogen) atoms. The minimum atomic E-state index is 0.198. The first-order chi connectivity index (χ1) is 8.47. The lowest BCUT2D eigenvalue weighted by Gasteiger charge is -2.23. The molecule has 1 heteroatoms. The molecule has 1 aromatic heterocycles. The Balaban J connectivity index is 2.24. The second-order valence-corrected chi connectivity index (χ2v) is 6.28. The van der Waals surface area contributed by atoms with Crippen LogP contribution in [0.15, 0.2) is 30.6 Å². The lowest BCUT2D eigenvalue weighted by Crippen LogP contribution is -2.13. The second kappa shape index (κ2) is 3.68. The molecule has 1 heterocycles. The Hall–Kier alpha value is -1.63. The van der Waals surface area contributed by atoms with E-state index >= 15 is 0 Å². The topological polar surface area (TPSA) is 12.9 Å². The Morgan fingerprint density at radius 1 is 1.06 bits per heavy atom. The van der Waals surface area contributed by atoms with E-state index in [4.69, 9.17) is 0 Å². The van der Waals surface area contributed by atoms with Gasteiger partial charge < -0.3 is 0 Å². The van der Waals surface area contributed by atoms with Gasteiger partial charge in [-0.25, -0.2) is 0 Å². The summed E-state index contributed by atoms with van der Waals surface area (Å²) in [5.41, 5.74) is 8.60. The SMILES string of the molecule is Cc1cc2c(cc1C(C)(C)C)-c1cnccc1C2. The monoisotopic (exact) mass is 237 g/mol. The number of benzene rings is 1. The third-order valence-electron chi connectivity index (χ3n) is 3.84. The van der Waals surface area contributed by atoms with Crippen LogP contribution in [0.1, 0.15) is 43.0 Å². The van der Waals surface area contributed by atoms with Crippen molar-refractivity contribution in [2.24, 2.45) is 0 Å². The summed E-state index contributed by atoms with van der Waals surface area (Å²) in [5.74, 6) is 0. The molecule has 0 spiro atoms. The van der Waals surface area contributed by atoms with Gasteiger partial charge in [-0.15, -0.1) is 0 Å². The molecule has 0 atom stereocenters. The van der Waals surface area contributed by atoms with Crippen molar-refractivity contribution in [3.63, 3.8) is 0 Å². The maximum atomic E-state index is 4.27. The summed E-state index contributed by atoms with van der Waals surface area (Å²) < 4.78 is 0. The number of rotatable bonds is 0. The molecule has 0 saturated heterocycles. The van der Waals surface area contributed by atoms with Gasteiger partial charge in [0, 0.05) is 18.0 Å². The van der Waals surface area contributed by atoms with Gasteiger partial charge in [0.1, 0.15) is 0 Å². The minimum absolute atomic E-state index is 0.198. The van der Waals surface area contributed by atoms with Crippen LogP contribution >= 0.6 is 0 Å². The van der Waals surface area contributed by atoms with Gasteiger partial charge in [0.25, 0.3) is 0 Å². The maximum absolute atomic E-state index is 4.27. The number of fused-ring (bicyclic) bond motifs is 3. The molecule has 0 bridgehead atoms. The molecule has 0 radical (unpaired) electrons. The van der Waals surface area contributed by atoms with Crippen LogP contribution in [0, 0.1) is 6.92 Å². The number of pyridine rings is 1. The lowest BCUT2D eigenvalue weighted by atomic mass is 9.82. The Bertz CT molecular complexity index is 618. The van der Waals surface area contributed by atoms with Gasteiger partial charge in [0.2, 0.25) is 0 Å². The first-order valence-corrected chi connectivity index (χ1v) is 6.54. The molecule has 0 fully saturated rings. The van der Waals surface area contributed by atoms with Crippen molar-refractivity contribution in [2.75, 3.05) is 0 Å². The Labute approximate surface area is 109 Å². The van der Waals surface area contributed by atoms with Gasteiger partial charge >= 0.3 is 0 Å². The van der Waals surface area contributed by atoms with Crippen molar-refractivity contribution >= 4 is 0 Å². The number of aryl methyl sites for hydroxylation is 1. The highest BCUT2D eigenvalue weighted by molar-refractivity contribution is 5.77. The third kappa shape index (κ3) is 1.66. The van der Waals surface area contributed by atoms with Crippen LogP contribution < -0.4 is 0 Å². The molecule has 0 amide bonds. The average Bonchev–Trinajstić information content (AvgIpc) is 2.63. The highest BCUT2D eigenvalue weighted by Crippen LogP contribution is 2.39. The summed E-state index contributed by atoms with van der Waals surface area (Å²) >= 11 is 0. The Morgan fingerprint density at radius 3 is 2.56 bits per heavy atom. The van der Waals surface area contributed by atoms with Gasteiger partial charge in [-0.3, -0.25) is 4.98 Å². The molecule has 2 aromatic rings. The van der Waals surface area contributed by atoms with Gasteiger partial charge in [-0.2, -0.15) is 0 Å². The fourth-order valence-electron chi connectivity index (χ4n) is 3.00. The van der Waals surface area contributed by atoms with Crippen LogP contribution in [0.5, 0.6) is 0 Å². The number of aromatic nitrogens is 1. The number of hydrogen-bond donors (Lipinski definition) is 0. The van der Waals surface area contributed by atoms with Crippen LogP contribution in [-0.2, 0) is 11.8 Å². The molecule has 1 aromatic carbocycles. The van der Waals surface area contributed by atoms with Crippen molar-refractivity contribution in [1.29, 1.82) is 0 Å². The molecule has 1 nitrogen and oxygen atoms in total.